The molecule has 0 spiro atoms. The summed E-state index contributed by atoms with van der Waals surface area (Å²) < 4.78 is 10.7. The molecule has 3 rings (SSSR count). The molecule has 3 unspecified atom stereocenters. The molecular weight excluding hydrogens is 450 g/mol. The number of nitro groups is 1. The minimum atomic E-state index is -1.43. The van der Waals surface area contributed by atoms with Crippen molar-refractivity contribution in [2.45, 2.75) is 44.8 Å². The Morgan fingerprint density at radius 1 is 1.17 bits per heavy atom. The lowest BCUT2D eigenvalue weighted by Crippen LogP contribution is -2.69. The Hall–Kier alpha value is -3.72. The molecule has 3 atom stereocenters. The number of non-ortho nitro benzene ring substituents is 1. The summed E-state index contributed by atoms with van der Waals surface area (Å²) in [5, 5.41) is 14.9. The molecule has 1 aliphatic rings. The van der Waals surface area contributed by atoms with E-state index in [-0.39, 0.29) is 17.9 Å². The van der Waals surface area contributed by atoms with Crippen LogP contribution in [0.15, 0.2) is 65.9 Å². The fraction of sp³-hybridized carbons (Fsp3) is 0.385. The second kappa shape index (κ2) is 10.7. The Kier molecular flexibility index (Phi) is 7.91. The van der Waals surface area contributed by atoms with Gasteiger partial charge < -0.3 is 14.8 Å². The molecule has 0 aromatic heterocycles. The Bertz CT molecular complexity index is 1130. The van der Waals surface area contributed by atoms with Crippen LogP contribution in [-0.2, 0) is 25.6 Å². The summed E-state index contributed by atoms with van der Waals surface area (Å²) in [7, 11) is 3.06. The van der Waals surface area contributed by atoms with E-state index >= 15 is 0 Å². The van der Waals surface area contributed by atoms with Gasteiger partial charge in [-0.3, -0.25) is 15.0 Å². The van der Waals surface area contributed by atoms with Gasteiger partial charge in [0.1, 0.15) is 0 Å². The van der Waals surface area contributed by atoms with E-state index in [0.717, 1.165) is 5.56 Å². The molecule has 2 aromatic rings. The number of nitro benzene ring substituents is 1. The smallest absolute Gasteiger partial charge is 0.336 e. The Balaban J connectivity index is 2.34. The molecule has 35 heavy (non-hydrogen) atoms. The lowest BCUT2D eigenvalue weighted by Gasteiger charge is -2.52. The van der Waals surface area contributed by atoms with Crippen molar-refractivity contribution in [3.63, 3.8) is 0 Å². The second-order valence-corrected chi connectivity index (χ2v) is 8.57. The van der Waals surface area contributed by atoms with E-state index in [2.05, 4.69) is 5.32 Å². The first kappa shape index (κ1) is 25.9. The Morgan fingerprint density at radius 2 is 1.86 bits per heavy atom. The van der Waals surface area contributed by atoms with Crippen molar-refractivity contribution in [2.75, 3.05) is 20.8 Å². The highest BCUT2D eigenvalue weighted by molar-refractivity contribution is 5.96. The van der Waals surface area contributed by atoms with Crippen molar-refractivity contribution in [2.24, 2.45) is 0 Å². The number of rotatable bonds is 8. The van der Waals surface area contributed by atoms with E-state index < -0.39 is 34.4 Å². The third kappa shape index (κ3) is 4.77. The third-order valence-electron chi connectivity index (χ3n) is 6.54. The minimum absolute atomic E-state index is 0.129. The molecule has 9 nitrogen and oxygen atoms in total. The number of allylic oxidation sites excluding steroid dienone is 1. The van der Waals surface area contributed by atoms with E-state index in [1.165, 1.54) is 19.2 Å². The van der Waals surface area contributed by atoms with Crippen LogP contribution in [0, 0.1) is 10.1 Å². The lowest BCUT2D eigenvalue weighted by atomic mass is 9.66. The fourth-order valence-electron chi connectivity index (χ4n) is 5.05. The number of carbonyl (C=O) groups excluding carboxylic acids is 2. The fourth-order valence-corrected chi connectivity index (χ4v) is 5.05. The number of carbonyl (C=O) groups is 2. The number of esters is 2. The summed E-state index contributed by atoms with van der Waals surface area (Å²) in [5.41, 5.74) is 0.589. The van der Waals surface area contributed by atoms with Crippen molar-refractivity contribution in [3.8, 4) is 0 Å². The van der Waals surface area contributed by atoms with Crippen LogP contribution in [0.3, 0.4) is 0 Å². The van der Waals surface area contributed by atoms with Crippen LogP contribution in [-0.4, -0.2) is 54.1 Å². The molecular formula is C26H31N3O6. The van der Waals surface area contributed by atoms with Gasteiger partial charge >= 0.3 is 11.9 Å². The summed E-state index contributed by atoms with van der Waals surface area (Å²) in [4.78, 5) is 40.0. The average molecular weight is 482 g/mol. The normalized spacial score (nSPS) is 21.9. The maximum atomic E-state index is 13.9. The minimum Gasteiger partial charge on any atom is -0.466 e. The SMILES string of the molecule is CCOC(=O)C1(N(C)Cc2ccccc2)C(C)NC(C)=C(C(=O)OC)C1c1cccc([N+](=O)[O-])c1. The standard InChI is InChI=1S/C26H31N3O6/c1-6-35-25(31)26(28(4)16-19-11-8-7-9-12-19)18(3)27-17(2)22(24(30)34-5)23(26)20-13-10-14-21(15-20)29(32)33/h7-15,18,23,27H,6,16H2,1-5H3. The highest BCUT2D eigenvalue weighted by atomic mass is 16.6. The van der Waals surface area contributed by atoms with E-state index in [0.29, 0.717) is 17.8 Å². The molecule has 1 heterocycles. The zero-order valence-electron chi connectivity index (χ0n) is 20.6. The van der Waals surface area contributed by atoms with Crippen molar-refractivity contribution in [1.29, 1.82) is 0 Å². The zero-order valence-corrected chi connectivity index (χ0v) is 20.6. The van der Waals surface area contributed by atoms with Gasteiger partial charge in [0.2, 0.25) is 0 Å². The van der Waals surface area contributed by atoms with Crippen LogP contribution in [0.4, 0.5) is 5.69 Å². The van der Waals surface area contributed by atoms with E-state index in [1.807, 2.05) is 42.2 Å². The van der Waals surface area contributed by atoms with Crippen LogP contribution >= 0.6 is 0 Å². The monoisotopic (exact) mass is 481 g/mol. The molecule has 1 aliphatic heterocycles. The molecule has 0 radical (unpaired) electrons. The molecule has 0 saturated heterocycles. The number of nitrogens with one attached hydrogen (secondary N) is 1. The molecule has 1 N–H and O–H groups in total. The molecule has 186 valence electrons. The van der Waals surface area contributed by atoms with Gasteiger partial charge in [-0.25, -0.2) is 9.59 Å². The molecule has 0 bridgehead atoms. The second-order valence-electron chi connectivity index (χ2n) is 8.57. The van der Waals surface area contributed by atoms with Gasteiger partial charge in [0.05, 0.1) is 30.3 Å². The average Bonchev–Trinajstić information content (AvgIpc) is 2.84. The highest BCUT2D eigenvalue weighted by Crippen LogP contribution is 2.47. The summed E-state index contributed by atoms with van der Waals surface area (Å²) in [5.74, 6) is -2.07. The maximum absolute atomic E-state index is 13.9. The maximum Gasteiger partial charge on any atom is 0.336 e. The van der Waals surface area contributed by atoms with Crippen LogP contribution in [0.25, 0.3) is 0 Å². The van der Waals surface area contributed by atoms with Gasteiger partial charge in [0, 0.05) is 30.3 Å². The predicted molar refractivity (Wildman–Crippen MR) is 130 cm³/mol. The number of ether oxygens (including phenoxy) is 2. The number of hydrogen-bond donors (Lipinski definition) is 1. The largest absolute Gasteiger partial charge is 0.466 e. The van der Waals surface area contributed by atoms with Gasteiger partial charge in [-0.2, -0.15) is 0 Å². The zero-order chi connectivity index (χ0) is 25.8. The summed E-state index contributed by atoms with van der Waals surface area (Å²) in [6, 6.07) is 15.1. The van der Waals surface area contributed by atoms with Crippen molar-refractivity contribution < 1.29 is 24.0 Å². The molecule has 2 aromatic carbocycles. The Morgan fingerprint density at radius 3 is 2.46 bits per heavy atom. The van der Waals surface area contributed by atoms with Crippen LogP contribution in [0.1, 0.15) is 37.8 Å². The van der Waals surface area contributed by atoms with Gasteiger partial charge in [-0.1, -0.05) is 42.5 Å². The van der Waals surface area contributed by atoms with Crippen LogP contribution < -0.4 is 5.32 Å². The van der Waals surface area contributed by atoms with Crippen molar-refractivity contribution in [1.82, 2.24) is 10.2 Å². The topological polar surface area (TPSA) is 111 Å². The van der Waals surface area contributed by atoms with E-state index in [1.54, 1.807) is 33.0 Å². The molecule has 0 aliphatic carbocycles. The van der Waals surface area contributed by atoms with Gasteiger partial charge in [0.25, 0.3) is 5.69 Å². The quantitative estimate of drug-likeness (QED) is 0.346. The molecule has 9 heteroatoms. The van der Waals surface area contributed by atoms with Gasteiger partial charge in [0.15, 0.2) is 5.54 Å². The van der Waals surface area contributed by atoms with Gasteiger partial charge in [-0.15, -0.1) is 0 Å². The van der Waals surface area contributed by atoms with Crippen LogP contribution in [0.2, 0.25) is 0 Å². The lowest BCUT2D eigenvalue weighted by molar-refractivity contribution is -0.384. The van der Waals surface area contributed by atoms with Crippen molar-refractivity contribution in [3.05, 3.63) is 87.1 Å². The first-order valence-electron chi connectivity index (χ1n) is 11.4. The number of benzene rings is 2. The first-order chi connectivity index (χ1) is 16.7. The number of nitrogens with zero attached hydrogens (tertiary/aromatic N) is 2. The van der Waals surface area contributed by atoms with E-state index in [9.17, 15) is 19.7 Å². The Labute approximate surface area is 204 Å². The van der Waals surface area contributed by atoms with Crippen molar-refractivity contribution >= 4 is 17.6 Å². The van der Waals surface area contributed by atoms with E-state index in [4.69, 9.17) is 9.47 Å². The summed E-state index contributed by atoms with van der Waals surface area (Å²) >= 11 is 0. The van der Waals surface area contributed by atoms with Gasteiger partial charge in [-0.05, 0) is 38.9 Å². The summed E-state index contributed by atoms with van der Waals surface area (Å²) in [6.45, 7) is 5.79. The number of methoxy groups -OCH3 is 1. The number of hydrogen-bond acceptors (Lipinski definition) is 8. The first-order valence-corrected chi connectivity index (χ1v) is 11.4. The number of likely N-dealkylation sites (N-methyl/N-ethyl adjacent to an activating group) is 1. The van der Waals surface area contributed by atoms with Crippen LogP contribution in [0.5, 0.6) is 0 Å². The molecule has 0 saturated carbocycles. The predicted octanol–water partition coefficient (Wildman–Crippen LogP) is 3.55. The highest BCUT2D eigenvalue weighted by Gasteiger charge is 2.60. The third-order valence-corrected chi connectivity index (χ3v) is 6.54. The molecule has 0 amide bonds. The summed E-state index contributed by atoms with van der Waals surface area (Å²) in [6.07, 6.45) is 0. The molecule has 0 fully saturated rings.